The van der Waals surface area contributed by atoms with E-state index in [0.29, 0.717) is 6.04 Å². The second kappa shape index (κ2) is 5.75. The van der Waals surface area contributed by atoms with Crippen molar-refractivity contribution in [2.45, 2.75) is 38.1 Å². The Bertz CT molecular complexity index is 157. The van der Waals surface area contributed by atoms with Crippen molar-refractivity contribution in [2.24, 2.45) is 0 Å². The Morgan fingerprint density at radius 2 is 2.46 bits per heavy atom. The van der Waals surface area contributed by atoms with Crippen molar-refractivity contribution >= 4 is 0 Å². The third-order valence-corrected chi connectivity index (χ3v) is 2.16. The number of rotatable bonds is 6. The third kappa shape index (κ3) is 4.67. The van der Waals surface area contributed by atoms with Crippen LogP contribution < -0.4 is 5.32 Å². The van der Waals surface area contributed by atoms with E-state index in [0.717, 1.165) is 25.7 Å². The van der Waals surface area contributed by atoms with Crippen molar-refractivity contribution in [3.8, 4) is 0 Å². The number of nitrogens with zero attached hydrogens (tertiary/aromatic N) is 1. The summed E-state index contributed by atoms with van der Waals surface area (Å²) in [6.07, 6.45) is 5.15. The summed E-state index contributed by atoms with van der Waals surface area (Å²) in [6, 6.07) is 0.579. The summed E-state index contributed by atoms with van der Waals surface area (Å²) in [7, 11) is 0. The Labute approximate surface area is 77.6 Å². The molecule has 0 aliphatic carbocycles. The molecule has 1 saturated heterocycles. The van der Waals surface area contributed by atoms with E-state index in [1.54, 1.807) is 0 Å². The zero-order chi connectivity index (χ0) is 9.52. The smallest absolute Gasteiger partial charge is 0.294 e. The molecule has 1 atom stereocenters. The Hall–Kier alpha value is -0.840. The summed E-state index contributed by atoms with van der Waals surface area (Å²) in [5.41, 5.74) is 0. The maximum Gasteiger partial charge on any atom is 0.294 e. The minimum absolute atomic E-state index is 0.226. The zero-order valence-corrected chi connectivity index (χ0v) is 7.57. The van der Waals surface area contributed by atoms with Gasteiger partial charge in [-0.25, -0.2) is 0 Å². The van der Waals surface area contributed by atoms with Crippen LogP contribution in [0, 0.1) is 16.7 Å². The van der Waals surface area contributed by atoms with E-state index in [4.69, 9.17) is 0 Å². The first-order valence-corrected chi connectivity index (χ1v) is 4.64. The molecule has 5 heteroatoms. The van der Waals surface area contributed by atoms with Gasteiger partial charge in [0, 0.05) is 12.6 Å². The minimum Gasteiger partial charge on any atom is -0.314 e. The first-order chi connectivity index (χ1) is 6.29. The van der Waals surface area contributed by atoms with Crippen LogP contribution in [0.4, 0.5) is 0 Å². The summed E-state index contributed by atoms with van der Waals surface area (Å²) < 4.78 is 0. The Morgan fingerprint density at radius 3 is 3.08 bits per heavy atom. The van der Waals surface area contributed by atoms with E-state index >= 15 is 0 Å². The van der Waals surface area contributed by atoms with Crippen molar-refractivity contribution in [3.05, 3.63) is 16.7 Å². The van der Waals surface area contributed by atoms with E-state index in [-0.39, 0.29) is 6.61 Å². The van der Waals surface area contributed by atoms with Crippen LogP contribution >= 0.6 is 0 Å². The Morgan fingerprint density at radius 1 is 1.62 bits per heavy atom. The molecule has 0 aromatic carbocycles. The van der Waals surface area contributed by atoms with E-state index in [1.165, 1.54) is 6.42 Å². The quantitative estimate of drug-likeness (QED) is 0.386. The molecule has 1 aliphatic rings. The molecule has 1 heterocycles. The van der Waals surface area contributed by atoms with Gasteiger partial charge >= 0.3 is 0 Å². The molecule has 0 spiro atoms. The molecule has 13 heavy (non-hydrogen) atoms. The lowest BCUT2D eigenvalue weighted by molar-refractivity contribution is -0.757. The topological polar surface area (TPSA) is 64.4 Å². The highest BCUT2D eigenvalue weighted by Crippen LogP contribution is 2.13. The van der Waals surface area contributed by atoms with Gasteiger partial charge in [-0.15, -0.1) is 10.1 Å². The molecule has 0 saturated carbocycles. The molecule has 1 aliphatic heterocycles. The molecule has 1 unspecified atom stereocenters. The van der Waals surface area contributed by atoms with E-state index < -0.39 is 5.09 Å². The summed E-state index contributed by atoms with van der Waals surface area (Å²) in [5.74, 6) is 0. The van der Waals surface area contributed by atoms with E-state index in [2.05, 4.69) is 16.7 Å². The SMILES string of the molecule is O=[N+]([O-])OCCCCC1CC[CH]N1. The molecule has 0 aromatic rings. The molecule has 0 amide bonds. The summed E-state index contributed by atoms with van der Waals surface area (Å²) in [6.45, 7) is 2.31. The first kappa shape index (κ1) is 10.2. The van der Waals surface area contributed by atoms with Crippen molar-refractivity contribution in [3.63, 3.8) is 0 Å². The van der Waals surface area contributed by atoms with E-state index in [1.807, 2.05) is 0 Å². The maximum atomic E-state index is 9.78. The molecule has 1 fully saturated rings. The number of nitrogens with one attached hydrogen (secondary N) is 1. The van der Waals surface area contributed by atoms with Gasteiger partial charge in [0.05, 0.1) is 6.61 Å². The molecule has 5 nitrogen and oxygen atoms in total. The van der Waals surface area contributed by atoms with Crippen molar-refractivity contribution in [2.75, 3.05) is 6.61 Å². The summed E-state index contributed by atoms with van der Waals surface area (Å²) >= 11 is 0. The average molecular weight is 187 g/mol. The molecule has 1 radical (unpaired) electrons. The fraction of sp³-hybridized carbons (Fsp3) is 0.875. The van der Waals surface area contributed by atoms with E-state index in [9.17, 15) is 10.1 Å². The van der Waals surface area contributed by atoms with Gasteiger partial charge < -0.3 is 10.2 Å². The number of hydrogen-bond donors (Lipinski definition) is 1. The average Bonchev–Trinajstić information content (AvgIpc) is 2.55. The molecule has 0 bridgehead atoms. The van der Waals surface area contributed by atoms with Crippen LogP contribution in [0.1, 0.15) is 32.1 Å². The van der Waals surface area contributed by atoms with Gasteiger partial charge in [-0.2, -0.15) is 0 Å². The van der Waals surface area contributed by atoms with Crippen LogP contribution in [0.3, 0.4) is 0 Å². The van der Waals surface area contributed by atoms with Gasteiger partial charge in [-0.05, 0) is 32.1 Å². The van der Waals surface area contributed by atoms with Crippen molar-refractivity contribution in [1.29, 1.82) is 0 Å². The largest absolute Gasteiger partial charge is 0.314 e. The van der Waals surface area contributed by atoms with Gasteiger partial charge in [0.15, 0.2) is 0 Å². The lowest BCUT2D eigenvalue weighted by Crippen LogP contribution is -2.18. The van der Waals surface area contributed by atoms with Crippen LogP contribution in [0.25, 0.3) is 0 Å². The van der Waals surface area contributed by atoms with Gasteiger partial charge in [0.25, 0.3) is 5.09 Å². The van der Waals surface area contributed by atoms with Crippen molar-refractivity contribution in [1.82, 2.24) is 5.32 Å². The second-order valence-corrected chi connectivity index (χ2v) is 3.20. The summed E-state index contributed by atoms with van der Waals surface area (Å²) in [5, 5.41) is 12.3. The molecule has 1 N–H and O–H groups in total. The Balaban J connectivity index is 1.86. The lowest BCUT2D eigenvalue weighted by Gasteiger charge is -2.08. The van der Waals surface area contributed by atoms with Crippen LogP contribution in [0.2, 0.25) is 0 Å². The maximum absolute atomic E-state index is 9.78. The fourth-order valence-electron chi connectivity index (χ4n) is 1.48. The standard InChI is InChI=1S/C8H15N2O3/c11-10(12)13-7-2-1-4-8-5-3-6-9-8/h6,8-9H,1-5,7H2. The highest BCUT2D eigenvalue weighted by molar-refractivity contribution is 4.81. The van der Waals surface area contributed by atoms with Crippen LogP contribution in [0.15, 0.2) is 0 Å². The molecule has 75 valence electrons. The van der Waals surface area contributed by atoms with Crippen molar-refractivity contribution < 1.29 is 9.92 Å². The van der Waals surface area contributed by atoms with Crippen LogP contribution in [0.5, 0.6) is 0 Å². The summed E-state index contributed by atoms with van der Waals surface area (Å²) in [4.78, 5) is 14.0. The second-order valence-electron chi connectivity index (χ2n) is 3.20. The zero-order valence-electron chi connectivity index (χ0n) is 7.57. The molecular weight excluding hydrogens is 172 g/mol. The van der Waals surface area contributed by atoms with Gasteiger partial charge in [-0.3, -0.25) is 0 Å². The molecule has 0 aromatic heterocycles. The van der Waals surface area contributed by atoms with Gasteiger partial charge in [-0.1, -0.05) is 0 Å². The predicted molar refractivity (Wildman–Crippen MR) is 47.3 cm³/mol. The number of hydrogen-bond acceptors (Lipinski definition) is 4. The van der Waals surface area contributed by atoms with Crippen LogP contribution in [-0.2, 0) is 4.84 Å². The number of unbranched alkanes of at least 4 members (excludes halogenated alkanes) is 1. The van der Waals surface area contributed by atoms with Gasteiger partial charge in [0.1, 0.15) is 0 Å². The van der Waals surface area contributed by atoms with Crippen LogP contribution in [-0.4, -0.2) is 17.7 Å². The van der Waals surface area contributed by atoms with Gasteiger partial charge in [0.2, 0.25) is 0 Å². The normalized spacial score (nSPS) is 21.7. The first-order valence-electron chi connectivity index (χ1n) is 4.64. The third-order valence-electron chi connectivity index (χ3n) is 2.16. The molecular formula is C8H15N2O3. The highest BCUT2D eigenvalue weighted by Gasteiger charge is 2.12. The monoisotopic (exact) mass is 187 g/mol. The molecule has 1 rings (SSSR count). The minimum atomic E-state index is -0.735. The Kier molecular flexibility index (Phi) is 4.53. The fourth-order valence-corrected chi connectivity index (χ4v) is 1.48. The lowest BCUT2D eigenvalue weighted by atomic mass is 10.1. The predicted octanol–water partition coefficient (Wildman–Crippen LogP) is 1.28. The highest BCUT2D eigenvalue weighted by atomic mass is 16.9.